The van der Waals surface area contributed by atoms with Crippen molar-refractivity contribution in [2.75, 3.05) is 0 Å². The van der Waals surface area contributed by atoms with Gasteiger partial charge >= 0.3 is 0 Å². The lowest BCUT2D eigenvalue weighted by Crippen LogP contribution is -1.79. The van der Waals surface area contributed by atoms with Crippen molar-refractivity contribution in [3.05, 3.63) is 50.9 Å². The van der Waals surface area contributed by atoms with Gasteiger partial charge in [0.15, 0.2) is 5.58 Å². The summed E-state index contributed by atoms with van der Waals surface area (Å²) in [6.45, 7) is 0. The largest absolute Gasteiger partial charge is 0.436 e. The monoisotopic (exact) mass is 341 g/mol. The molecule has 0 N–H and O–H groups in total. The summed E-state index contributed by atoms with van der Waals surface area (Å²) in [5.74, 6) is 0.491. The van der Waals surface area contributed by atoms with Crippen molar-refractivity contribution in [3.8, 4) is 11.5 Å². The minimum Gasteiger partial charge on any atom is -0.436 e. The van der Waals surface area contributed by atoms with Crippen LogP contribution in [-0.2, 0) is 0 Å². The molecule has 2 nitrogen and oxygen atoms in total. The maximum Gasteiger partial charge on any atom is 0.228 e. The summed E-state index contributed by atoms with van der Waals surface area (Å²) in [5.41, 5.74) is 2.23. The number of rotatable bonds is 1. The third-order valence-electron chi connectivity index (χ3n) is 2.51. The maximum atomic E-state index is 6.13. The third kappa shape index (κ3) is 2.14. The zero-order chi connectivity index (χ0) is 12.7. The summed E-state index contributed by atoms with van der Waals surface area (Å²) in [6, 6.07) is 10.9. The predicted octanol–water partition coefficient (Wildman–Crippen LogP) is 5.56. The molecule has 18 heavy (non-hydrogen) atoms. The maximum absolute atomic E-state index is 6.13. The summed E-state index contributed by atoms with van der Waals surface area (Å²) in [7, 11) is 0. The van der Waals surface area contributed by atoms with Gasteiger partial charge in [0.1, 0.15) is 5.52 Å². The van der Waals surface area contributed by atoms with Crippen molar-refractivity contribution in [2.24, 2.45) is 0 Å². The fourth-order valence-corrected chi connectivity index (χ4v) is 2.51. The smallest absolute Gasteiger partial charge is 0.228 e. The van der Waals surface area contributed by atoms with Gasteiger partial charge in [0.2, 0.25) is 5.89 Å². The van der Waals surface area contributed by atoms with Crippen molar-refractivity contribution < 1.29 is 4.42 Å². The third-order valence-corrected chi connectivity index (χ3v) is 3.55. The fourth-order valence-electron chi connectivity index (χ4n) is 1.68. The van der Waals surface area contributed by atoms with Gasteiger partial charge in [0, 0.05) is 9.50 Å². The van der Waals surface area contributed by atoms with Gasteiger partial charge in [-0.25, -0.2) is 4.98 Å². The average Bonchev–Trinajstić information content (AvgIpc) is 2.71. The first kappa shape index (κ1) is 12.0. The van der Waals surface area contributed by atoms with E-state index in [1.54, 1.807) is 18.2 Å². The molecule has 0 unspecified atom stereocenters. The Kier molecular flexibility index (Phi) is 3.06. The van der Waals surface area contributed by atoms with Crippen molar-refractivity contribution in [3.63, 3.8) is 0 Å². The summed E-state index contributed by atoms with van der Waals surface area (Å²) >= 11 is 15.4. The Morgan fingerprint density at radius 1 is 1.06 bits per heavy atom. The molecule has 0 aliphatic carbocycles. The van der Waals surface area contributed by atoms with Crippen LogP contribution in [0.3, 0.4) is 0 Å². The van der Waals surface area contributed by atoms with Crippen molar-refractivity contribution >= 4 is 50.2 Å². The highest BCUT2D eigenvalue weighted by molar-refractivity contribution is 9.10. The molecule has 3 aromatic rings. The van der Waals surface area contributed by atoms with Crippen LogP contribution in [0.15, 0.2) is 45.3 Å². The molecule has 5 heteroatoms. The van der Waals surface area contributed by atoms with Crippen LogP contribution in [0.5, 0.6) is 0 Å². The fraction of sp³-hybridized carbons (Fsp3) is 0. The molecule has 0 aliphatic rings. The summed E-state index contributed by atoms with van der Waals surface area (Å²) in [5, 5.41) is 1.11. The highest BCUT2D eigenvalue weighted by Gasteiger charge is 2.12. The molecule has 0 fully saturated rings. The van der Waals surface area contributed by atoms with Crippen LogP contribution in [0.25, 0.3) is 22.6 Å². The van der Waals surface area contributed by atoms with E-state index >= 15 is 0 Å². The van der Waals surface area contributed by atoms with Gasteiger partial charge in [-0.1, -0.05) is 39.1 Å². The van der Waals surface area contributed by atoms with Gasteiger partial charge < -0.3 is 4.42 Å². The molecule has 0 aliphatic heterocycles. The molecular formula is C13H6BrCl2NO. The Morgan fingerprint density at radius 2 is 1.89 bits per heavy atom. The van der Waals surface area contributed by atoms with Crippen LogP contribution >= 0.6 is 39.1 Å². The molecule has 0 spiro atoms. The first-order valence-electron chi connectivity index (χ1n) is 5.15. The molecule has 2 aromatic carbocycles. The van der Waals surface area contributed by atoms with Crippen LogP contribution < -0.4 is 0 Å². The topological polar surface area (TPSA) is 26.0 Å². The Bertz CT molecular complexity index is 739. The lowest BCUT2D eigenvalue weighted by atomic mass is 10.2. The zero-order valence-corrected chi connectivity index (χ0v) is 12.1. The van der Waals surface area contributed by atoms with E-state index in [9.17, 15) is 0 Å². The van der Waals surface area contributed by atoms with E-state index in [2.05, 4.69) is 20.9 Å². The van der Waals surface area contributed by atoms with Gasteiger partial charge in [-0.3, -0.25) is 0 Å². The molecule has 0 saturated carbocycles. The number of benzene rings is 2. The van der Waals surface area contributed by atoms with Gasteiger partial charge in [-0.15, -0.1) is 0 Å². The van der Waals surface area contributed by atoms with E-state index in [0.29, 0.717) is 21.5 Å². The lowest BCUT2D eigenvalue weighted by molar-refractivity contribution is 0.619. The van der Waals surface area contributed by atoms with Gasteiger partial charge in [0.05, 0.1) is 10.6 Å². The summed E-state index contributed by atoms with van der Waals surface area (Å²) in [6.07, 6.45) is 0. The van der Waals surface area contributed by atoms with E-state index in [4.69, 9.17) is 27.6 Å². The van der Waals surface area contributed by atoms with Crippen LogP contribution in [0.1, 0.15) is 0 Å². The standard InChI is InChI=1S/C13H6BrCl2NO/c14-7-1-4-11-12(5-7)18-13(17-11)9-3-2-8(15)6-10(9)16/h1-6H. The van der Waals surface area contributed by atoms with Crippen LogP contribution in [-0.4, -0.2) is 4.98 Å². The molecule has 0 amide bonds. The van der Waals surface area contributed by atoms with Crippen molar-refractivity contribution in [1.82, 2.24) is 4.98 Å². The normalized spacial score (nSPS) is 11.1. The van der Waals surface area contributed by atoms with Crippen LogP contribution in [0.2, 0.25) is 10.0 Å². The number of hydrogen-bond donors (Lipinski definition) is 0. The second-order valence-electron chi connectivity index (χ2n) is 3.76. The zero-order valence-electron chi connectivity index (χ0n) is 8.95. The molecule has 1 aromatic heterocycles. The molecule has 0 bridgehead atoms. The molecule has 90 valence electrons. The first-order valence-corrected chi connectivity index (χ1v) is 6.70. The van der Waals surface area contributed by atoms with E-state index in [-0.39, 0.29) is 0 Å². The van der Waals surface area contributed by atoms with Crippen molar-refractivity contribution in [2.45, 2.75) is 0 Å². The first-order chi connectivity index (χ1) is 8.63. The molecule has 0 atom stereocenters. The number of aromatic nitrogens is 1. The number of fused-ring (bicyclic) bond motifs is 1. The number of hydrogen-bond acceptors (Lipinski definition) is 2. The molecule has 0 radical (unpaired) electrons. The second kappa shape index (κ2) is 4.57. The SMILES string of the molecule is Clc1ccc(-c2nc3ccc(Br)cc3o2)c(Cl)c1. The second-order valence-corrected chi connectivity index (χ2v) is 5.51. The van der Waals surface area contributed by atoms with Gasteiger partial charge in [-0.05, 0) is 36.4 Å². The summed E-state index contributed by atoms with van der Waals surface area (Å²) < 4.78 is 6.63. The number of oxazole rings is 1. The average molecular weight is 343 g/mol. The van der Waals surface area contributed by atoms with E-state index in [1.807, 2.05) is 18.2 Å². The van der Waals surface area contributed by atoms with E-state index < -0.39 is 0 Å². The number of halogens is 3. The predicted molar refractivity (Wildman–Crippen MR) is 77.2 cm³/mol. The molecular weight excluding hydrogens is 337 g/mol. The van der Waals surface area contributed by atoms with Crippen LogP contribution in [0.4, 0.5) is 0 Å². The van der Waals surface area contributed by atoms with E-state index in [1.165, 1.54) is 0 Å². The Labute approximate surface area is 122 Å². The highest BCUT2D eigenvalue weighted by atomic mass is 79.9. The van der Waals surface area contributed by atoms with E-state index in [0.717, 1.165) is 15.6 Å². The molecule has 1 heterocycles. The number of nitrogens with zero attached hydrogens (tertiary/aromatic N) is 1. The molecule has 3 rings (SSSR count). The lowest BCUT2D eigenvalue weighted by Gasteiger charge is -1.99. The van der Waals surface area contributed by atoms with Gasteiger partial charge in [0.25, 0.3) is 0 Å². The van der Waals surface area contributed by atoms with Crippen LogP contribution in [0, 0.1) is 0 Å². The summed E-state index contributed by atoms with van der Waals surface area (Å²) in [4.78, 5) is 4.40. The van der Waals surface area contributed by atoms with Gasteiger partial charge in [-0.2, -0.15) is 0 Å². The van der Waals surface area contributed by atoms with Crippen molar-refractivity contribution in [1.29, 1.82) is 0 Å². The Hall–Kier alpha value is -1.03. The Balaban J connectivity index is 2.19. The molecule has 0 saturated heterocycles. The highest BCUT2D eigenvalue weighted by Crippen LogP contribution is 2.32. The quantitative estimate of drug-likeness (QED) is 0.578. The minimum atomic E-state index is 0.491. The Morgan fingerprint density at radius 3 is 2.67 bits per heavy atom. The minimum absolute atomic E-state index is 0.491.